The molecule has 0 saturated carbocycles. The summed E-state index contributed by atoms with van der Waals surface area (Å²) in [5, 5.41) is 10.3. The van der Waals surface area contributed by atoms with Crippen molar-refractivity contribution in [3.8, 4) is 11.4 Å². The van der Waals surface area contributed by atoms with Gasteiger partial charge in [0.25, 0.3) is 0 Å². The van der Waals surface area contributed by atoms with E-state index in [4.69, 9.17) is 0 Å². The number of aryl methyl sites for hydroxylation is 1. The highest BCUT2D eigenvalue weighted by atomic mass is 19.4. The highest BCUT2D eigenvalue weighted by molar-refractivity contribution is 5.76. The fourth-order valence-corrected chi connectivity index (χ4v) is 2.98. The minimum Gasteiger partial charge on any atom is -0.348 e. The van der Waals surface area contributed by atoms with Crippen LogP contribution in [0.4, 0.5) is 17.6 Å². The predicted octanol–water partition coefficient (Wildman–Crippen LogP) is 2.33. The first kappa shape index (κ1) is 22.2. The average Bonchev–Trinajstić information content (AvgIpc) is 3.22. The molecule has 0 spiro atoms. The van der Waals surface area contributed by atoms with Crippen LogP contribution in [0.25, 0.3) is 11.4 Å². The molecule has 0 unspecified atom stereocenters. The number of nitrogens with one attached hydrogen (secondary N) is 1. The van der Waals surface area contributed by atoms with E-state index < -0.39 is 42.7 Å². The number of alkyl halides is 3. The third-order valence-electron chi connectivity index (χ3n) is 4.64. The van der Waals surface area contributed by atoms with E-state index >= 15 is 0 Å². The van der Waals surface area contributed by atoms with Crippen LogP contribution in [0, 0.1) is 12.7 Å². The zero-order valence-corrected chi connectivity index (χ0v) is 16.9. The minimum absolute atomic E-state index is 0.0693. The Kier molecular flexibility index (Phi) is 6.00. The molecule has 1 N–H and O–H groups in total. The van der Waals surface area contributed by atoms with Gasteiger partial charge in [-0.25, -0.2) is 13.9 Å². The monoisotopic (exact) mass is 440 g/mol. The first-order valence-electron chi connectivity index (χ1n) is 9.23. The maximum atomic E-state index is 13.7. The summed E-state index contributed by atoms with van der Waals surface area (Å²) in [6, 6.07) is 4.10. The number of carbonyl (C=O) groups excluding carboxylic acids is 1. The van der Waals surface area contributed by atoms with Crippen molar-refractivity contribution in [2.75, 3.05) is 0 Å². The molecule has 0 aliphatic rings. The SMILES string of the molecule is Cc1ccc([C@H](C)NC(=O)Cn2nc(-c3cnn(CC(F)(F)F)c3)n(C)c2=O)cc1F. The second-order valence-corrected chi connectivity index (χ2v) is 7.16. The molecule has 1 amide bonds. The number of benzene rings is 1. The van der Waals surface area contributed by atoms with Crippen LogP contribution < -0.4 is 11.0 Å². The van der Waals surface area contributed by atoms with Crippen molar-refractivity contribution in [2.24, 2.45) is 7.05 Å². The smallest absolute Gasteiger partial charge is 0.348 e. The van der Waals surface area contributed by atoms with Gasteiger partial charge in [0.05, 0.1) is 17.8 Å². The van der Waals surface area contributed by atoms with Gasteiger partial charge in [0, 0.05) is 13.2 Å². The third-order valence-corrected chi connectivity index (χ3v) is 4.64. The molecule has 0 saturated heterocycles. The molecule has 12 heteroatoms. The lowest BCUT2D eigenvalue weighted by Crippen LogP contribution is -2.34. The lowest BCUT2D eigenvalue weighted by molar-refractivity contribution is -0.142. The molecule has 0 radical (unpaired) electrons. The van der Waals surface area contributed by atoms with Crippen molar-refractivity contribution in [1.29, 1.82) is 0 Å². The summed E-state index contributed by atoms with van der Waals surface area (Å²) in [6.07, 6.45) is -2.16. The Morgan fingerprint density at radius 3 is 2.65 bits per heavy atom. The van der Waals surface area contributed by atoms with Crippen LogP contribution in [0.2, 0.25) is 0 Å². The molecule has 8 nitrogen and oxygen atoms in total. The summed E-state index contributed by atoms with van der Waals surface area (Å²) in [5.41, 5.74) is 0.616. The van der Waals surface area contributed by atoms with Gasteiger partial charge in [-0.3, -0.25) is 14.0 Å². The standard InChI is InChI=1S/C19H20F4N6O2/c1-11-4-5-13(6-15(11)20)12(2)25-16(30)9-29-18(31)27(3)17(26-29)14-7-24-28(8-14)10-19(21,22)23/h4-8,12H,9-10H2,1-3H3,(H,25,30)/t12-/m0/s1. The number of rotatable bonds is 6. The normalized spacial score (nSPS) is 12.7. The summed E-state index contributed by atoms with van der Waals surface area (Å²) < 4.78 is 54.0. The van der Waals surface area contributed by atoms with E-state index in [0.717, 1.165) is 21.6 Å². The first-order valence-corrected chi connectivity index (χ1v) is 9.23. The number of nitrogens with zero attached hydrogens (tertiary/aromatic N) is 5. The third kappa shape index (κ3) is 5.19. The Morgan fingerprint density at radius 2 is 2.00 bits per heavy atom. The molecule has 0 aliphatic heterocycles. The molecule has 31 heavy (non-hydrogen) atoms. The number of aromatic nitrogens is 5. The molecule has 0 aliphatic carbocycles. The summed E-state index contributed by atoms with van der Waals surface area (Å²) in [6.45, 7) is 1.60. The molecule has 3 rings (SSSR count). The van der Waals surface area contributed by atoms with Crippen LogP contribution in [-0.2, 0) is 24.9 Å². The van der Waals surface area contributed by atoms with Gasteiger partial charge in [0.2, 0.25) is 5.91 Å². The highest BCUT2D eigenvalue weighted by Gasteiger charge is 2.28. The predicted molar refractivity (Wildman–Crippen MR) is 102 cm³/mol. The topological polar surface area (TPSA) is 86.7 Å². The first-order chi connectivity index (χ1) is 14.4. The van der Waals surface area contributed by atoms with Gasteiger partial charge in [-0.1, -0.05) is 12.1 Å². The van der Waals surface area contributed by atoms with Crippen LogP contribution in [-0.4, -0.2) is 36.2 Å². The molecular formula is C19H20F4N6O2. The zero-order chi connectivity index (χ0) is 22.9. The fourth-order valence-electron chi connectivity index (χ4n) is 2.98. The Bertz CT molecular complexity index is 1160. The van der Waals surface area contributed by atoms with Crippen LogP contribution in [0.3, 0.4) is 0 Å². The maximum absolute atomic E-state index is 13.7. The van der Waals surface area contributed by atoms with Crippen LogP contribution in [0.5, 0.6) is 0 Å². The van der Waals surface area contributed by atoms with Gasteiger partial charge < -0.3 is 5.32 Å². The quantitative estimate of drug-likeness (QED) is 0.596. The molecule has 0 bridgehead atoms. The number of halogens is 4. The van der Waals surface area contributed by atoms with Gasteiger partial charge in [-0.15, -0.1) is 5.10 Å². The van der Waals surface area contributed by atoms with Crippen molar-refractivity contribution in [3.63, 3.8) is 0 Å². The van der Waals surface area contributed by atoms with Crippen molar-refractivity contribution >= 4 is 5.91 Å². The number of hydrogen-bond donors (Lipinski definition) is 1. The lowest BCUT2D eigenvalue weighted by atomic mass is 10.1. The fraction of sp³-hybridized carbons (Fsp3) is 0.368. The number of carbonyl (C=O) groups is 1. The van der Waals surface area contributed by atoms with Crippen molar-refractivity contribution in [3.05, 3.63) is 58.0 Å². The minimum atomic E-state index is -4.44. The number of amides is 1. The van der Waals surface area contributed by atoms with E-state index in [9.17, 15) is 27.2 Å². The average molecular weight is 440 g/mol. The van der Waals surface area contributed by atoms with Crippen molar-refractivity contribution in [1.82, 2.24) is 29.4 Å². The molecule has 1 aromatic carbocycles. The zero-order valence-electron chi connectivity index (χ0n) is 16.9. The largest absolute Gasteiger partial charge is 0.408 e. The molecule has 166 valence electrons. The second kappa shape index (κ2) is 8.36. The van der Waals surface area contributed by atoms with E-state index in [2.05, 4.69) is 15.5 Å². The van der Waals surface area contributed by atoms with Crippen LogP contribution >= 0.6 is 0 Å². The van der Waals surface area contributed by atoms with E-state index in [1.807, 2.05) is 0 Å². The Labute approximate surface area is 174 Å². The van der Waals surface area contributed by atoms with E-state index in [0.29, 0.717) is 15.8 Å². The molecular weight excluding hydrogens is 420 g/mol. The molecule has 0 fully saturated rings. The molecule has 2 heterocycles. The summed E-state index contributed by atoms with van der Waals surface area (Å²) in [5.74, 6) is -0.858. The Hall–Kier alpha value is -3.44. The van der Waals surface area contributed by atoms with Gasteiger partial charge in [-0.2, -0.15) is 18.3 Å². The summed E-state index contributed by atoms with van der Waals surface area (Å²) in [7, 11) is 1.39. The van der Waals surface area contributed by atoms with Gasteiger partial charge in [0.15, 0.2) is 5.82 Å². The molecule has 3 aromatic rings. The number of hydrogen-bond acceptors (Lipinski definition) is 4. The van der Waals surface area contributed by atoms with Crippen molar-refractivity contribution in [2.45, 2.75) is 39.2 Å². The lowest BCUT2D eigenvalue weighted by Gasteiger charge is -2.14. The van der Waals surface area contributed by atoms with Gasteiger partial charge in [0.1, 0.15) is 18.9 Å². The van der Waals surface area contributed by atoms with Gasteiger partial charge in [-0.05, 0) is 31.0 Å². The molecule has 1 atom stereocenters. The summed E-state index contributed by atoms with van der Waals surface area (Å²) >= 11 is 0. The van der Waals surface area contributed by atoms with Gasteiger partial charge >= 0.3 is 11.9 Å². The highest BCUT2D eigenvalue weighted by Crippen LogP contribution is 2.20. The van der Waals surface area contributed by atoms with Crippen LogP contribution in [0.1, 0.15) is 24.1 Å². The summed E-state index contributed by atoms with van der Waals surface area (Å²) in [4.78, 5) is 24.8. The van der Waals surface area contributed by atoms with E-state index in [1.165, 1.54) is 13.1 Å². The van der Waals surface area contributed by atoms with E-state index in [1.54, 1.807) is 26.0 Å². The maximum Gasteiger partial charge on any atom is 0.408 e. The Morgan fingerprint density at radius 1 is 1.29 bits per heavy atom. The second-order valence-electron chi connectivity index (χ2n) is 7.16. The Balaban J connectivity index is 1.73. The van der Waals surface area contributed by atoms with Crippen molar-refractivity contribution < 1.29 is 22.4 Å². The van der Waals surface area contributed by atoms with Crippen LogP contribution in [0.15, 0.2) is 35.4 Å². The molecule has 2 aromatic heterocycles. The van der Waals surface area contributed by atoms with E-state index in [-0.39, 0.29) is 11.4 Å².